The van der Waals surface area contributed by atoms with Gasteiger partial charge in [-0.2, -0.15) is 0 Å². The zero-order chi connectivity index (χ0) is 14.1. The van der Waals surface area contributed by atoms with Crippen LogP contribution in [0.1, 0.15) is 31.7 Å². The molecule has 0 radical (unpaired) electrons. The van der Waals surface area contributed by atoms with Crippen LogP contribution in [0.5, 0.6) is 11.5 Å². The van der Waals surface area contributed by atoms with E-state index in [0.29, 0.717) is 0 Å². The Morgan fingerprint density at radius 3 is 2.30 bits per heavy atom. The molecule has 1 aromatic rings. The summed E-state index contributed by atoms with van der Waals surface area (Å²) >= 11 is 0. The lowest BCUT2D eigenvalue weighted by Crippen LogP contribution is -2.02. The normalized spacial score (nSPS) is 24.8. The first-order valence-electron chi connectivity index (χ1n) is 7.37. The van der Waals surface area contributed by atoms with Gasteiger partial charge in [-0.15, -0.1) is 0 Å². The third-order valence-electron chi connectivity index (χ3n) is 4.47. The zero-order valence-electron chi connectivity index (χ0n) is 12.5. The van der Waals surface area contributed by atoms with E-state index in [1.54, 1.807) is 19.8 Å². The van der Waals surface area contributed by atoms with Crippen molar-refractivity contribution in [3.63, 3.8) is 0 Å². The van der Waals surface area contributed by atoms with Crippen molar-refractivity contribution in [2.24, 2.45) is 11.8 Å². The molecule has 0 bridgehead atoms. The van der Waals surface area contributed by atoms with Crippen LogP contribution in [-0.2, 0) is 0 Å². The van der Waals surface area contributed by atoms with E-state index in [2.05, 4.69) is 19.1 Å². The van der Waals surface area contributed by atoms with Gasteiger partial charge in [0.2, 0.25) is 0 Å². The summed E-state index contributed by atoms with van der Waals surface area (Å²) in [5.74, 6) is 3.38. The summed E-state index contributed by atoms with van der Waals surface area (Å²) in [4.78, 5) is 0. The molecule has 0 N–H and O–H groups in total. The largest absolute Gasteiger partial charge is 0.496 e. The lowest BCUT2D eigenvalue weighted by atomic mass is 9.88. The topological polar surface area (TPSA) is 18.5 Å². The van der Waals surface area contributed by atoms with Gasteiger partial charge in [-0.25, -0.2) is 0 Å². The minimum absolute atomic E-state index is 0.754. The molecule has 1 fully saturated rings. The Balaban J connectivity index is 2.15. The summed E-state index contributed by atoms with van der Waals surface area (Å²) in [7, 11) is 3.45. The third kappa shape index (κ3) is 2.24. The van der Waals surface area contributed by atoms with Gasteiger partial charge in [0.15, 0.2) is 0 Å². The van der Waals surface area contributed by atoms with Gasteiger partial charge in [0, 0.05) is 0 Å². The van der Waals surface area contributed by atoms with Crippen molar-refractivity contribution in [3.8, 4) is 11.5 Å². The molecule has 2 aliphatic carbocycles. The van der Waals surface area contributed by atoms with Crippen LogP contribution < -0.4 is 9.47 Å². The lowest BCUT2D eigenvalue weighted by molar-refractivity contribution is 0.392. The predicted octanol–water partition coefficient (Wildman–Crippen LogP) is 4.46. The molecule has 1 saturated carbocycles. The molecule has 2 aliphatic rings. The van der Waals surface area contributed by atoms with E-state index in [4.69, 9.17) is 9.47 Å². The highest BCUT2D eigenvalue weighted by atomic mass is 16.5. The SMILES string of the molecule is COc1cccc(OC)c1C1=C(C2CC2C)CCC=C1. The molecule has 2 heteroatoms. The number of allylic oxidation sites excluding steroid dienone is 4. The first-order valence-corrected chi connectivity index (χ1v) is 7.37. The summed E-state index contributed by atoms with van der Waals surface area (Å²) in [5.41, 5.74) is 4.02. The fourth-order valence-electron chi connectivity index (χ4n) is 3.24. The van der Waals surface area contributed by atoms with Gasteiger partial charge in [-0.3, -0.25) is 0 Å². The Bertz CT molecular complexity index is 547. The molecule has 0 aromatic heterocycles. The maximum Gasteiger partial charge on any atom is 0.130 e. The molecule has 2 nitrogen and oxygen atoms in total. The lowest BCUT2D eigenvalue weighted by Gasteiger charge is -2.20. The number of rotatable bonds is 4. The highest BCUT2D eigenvalue weighted by molar-refractivity contribution is 5.85. The van der Waals surface area contributed by atoms with Crippen molar-refractivity contribution in [3.05, 3.63) is 41.5 Å². The molecule has 2 atom stereocenters. The van der Waals surface area contributed by atoms with Crippen molar-refractivity contribution < 1.29 is 9.47 Å². The van der Waals surface area contributed by atoms with Gasteiger partial charge in [0.05, 0.1) is 19.8 Å². The molecule has 20 heavy (non-hydrogen) atoms. The minimum Gasteiger partial charge on any atom is -0.496 e. The van der Waals surface area contributed by atoms with Crippen molar-refractivity contribution in [2.75, 3.05) is 14.2 Å². The molecule has 2 unspecified atom stereocenters. The van der Waals surface area contributed by atoms with Crippen LogP contribution >= 0.6 is 0 Å². The monoisotopic (exact) mass is 270 g/mol. The third-order valence-corrected chi connectivity index (χ3v) is 4.47. The number of benzene rings is 1. The first-order chi connectivity index (χ1) is 9.76. The average Bonchev–Trinajstić information content (AvgIpc) is 3.23. The van der Waals surface area contributed by atoms with Crippen LogP contribution in [0.3, 0.4) is 0 Å². The van der Waals surface area contributed by atoms with Gasteiger partial charge in [-0.05, 0) is 48.8 Å². The average molecular weight is 270 g/mol. The second kappa shape index (κ2) is 5.35. The molecular weight excluding hydrogens is 248 g/mol. The van der Waals surface area contributed by atoms with Crippen LogP contribution in [0.4, 0.5) is 0 Å². The van der Waals surface area contributed by atoms with E-state index in [1.165, 1.54) is 18.4 Å². The second-order valence-corrected chi connectivity index (χ2v) is 5.74. The van der Waals surface area contributed by atoms with Gasteiger partial charge >= 0.3 is 0 Å². The standard InChI is InChI=1S/C18H22O2/c1-12-11-15(12)13-7-4-5-8-14(13)18-16(19-2)9-6-10-17(18)20-3/h5-6,8-10,12,15H,4,7,11H2,1-3H3. The summed E-state index contributed by atoms with van der Waals surface area (Å²) < 4.78 is 11.1. The summed E-state index contributed by atoms with van der Waals surface area (Å²) in [6, 6.07) is 6.01. The van der Waals surface area contributed by atoms with Crippen LogP contribution in [0.15, 0.2) is 35.9 Å². The predicted molar refractivity (Wildman–Crippen MR) is 82.1 cm³/mol. The van der Waals surface area contributed by atoms with E-state index in [1.807, 2.05) is 18.2 Å². The Hall–Kier alpha value is -1.70. The molecule has 0 saturated heterocycles. The quantitative estimate of drug-likeness (QED) is 0.804. The molecule has 0 aliphatic heterocycles. The van der Waals surface area contributed by atoms with E-state index >= 15 is 0 Å². The van der Waals surface area contributed by atoms with Crippen molar-refractivity contribution in [1.82, 2.24) is 0 Å². The molecule has 0 spiro atoms. The van der Waals surface area contributed by atoms with Gasteiger partial charge in [0.25, 0.3) is 0 Å². The Morgan fingerprint density at radius 1 is 1.10 bits per heavy atom. The van der Waals surface area contributed by atoms with Crippen molar-refractivity contribution in [2.45, 2.75) is 26.2 Å². The Labute approximate surface area is 121 Å². The molecule has 106 valence electrons. The van der Waals surface area contributed by atoms with E-state index in [-0.39, 0.29) is 0 Å². The molecule has 1 aromatic carbocycles. The number of hydrogen-bond acceptors (Lipinski definition) is 2. The smallest absolute Gasteiger partial charge is 0.130 e. The highest BCUT2D eigenvalue weighted by Crippen LogP contribution is 2.51. The molecule has 0 heterocycles. The van der Waals surface area contributed by atoms with E-state index in [9.17, 15) is 0 Å². The molecule has 3 rings (SSSR count). The van der Waals surface area contributed by atoms with Gasteiger partial charge in [0.1, 0.15) is 11.5 Å². The van der Waals surface area contributed by atoms with Crippen molar-refractivity contribution in [1.29, 1.82) is 0 Å². The fourth-order valence-corrected chi connectivity index (χ4v) is 3.24. The number of methoxy groups -OCH3 is 2. The molecule has 0 amide bonds. The second-order valence-electron chi connectivity index (χ2n) is 5.74. The van der Waals surface area contributed by atoms with Crippen LogP contribution in [0, 0.1) is 11.8 Å². The van der Waals surface area contributed by atoms with Crippen LogP contribution in [0.2, 0.25) is 0 Å². The van der Waals surface area contributed by atoms with Crippen LogP contribution in [0.25, 0.3) is 5.57 Å². The van der Waals surface area contributed by atoms with E-state index < -0.39 is 0 Å². The zero-order valence-corrected chi connectivity index (χ0v) is 12.5. The first kappa shape index (κ1) is 13.3. The highest BCUT2D eigenvalue weighted by Gasteiger charge is 2.37. The van der Waals surface area contributed by atoms with Crippen molar-refractivity contribution >= 4 is 5.57 Å². The summed E-state index contributed by atoms with van der Waals surface area (Å²) in [6.45, 7) is 2.34. The molecular formula is C18H22O2. The fraction of sp³-hybridized carbons (Fsp3) is 0.444. The summed E-state index contributed by atoms with van der Waals surface area (Å²) in [6.07, 6.45) is 8.16. The Morgan fingerprint density at radius 2 is 1.75 bits per heavy atom. The maximum atomic E-state index is 5.57. The van der Waals surface area contributed by atoms with E-state index in [0.717, 1.165) is 35.3 Å². The number of ether oxygens (including phenoxy) is 2. The van der Waals surface area contributed by atoms with Crippen LogP contribution in [-0.4, -0.2) is 14.2 Å². The maximum absolute atomic E-state index is 5.57. The number of hydrogen-bond donors (Lipinski definition) is 0. The van der Waals surface area contributed by atoms with Gasteiger partial charge in [-0.1, -0.05) is 30.7 Å². The minimum atomic E-state index is 0.754. The summed E-state index contributed by atoms with van der Waals surface area (Å²) in [5, 5.41) is 0. The van der Waals surface area contributed by atoms with Gasteiger partial charge < -0.3 is 9.47 Å². The Kier molecular flexibility index (Phi) is 3.56.